The number of imidazole rings is 1. The molecule has 3 aromatic rings. The average Bonchev–Trinajstić information content (AvgIpc) is 3.30. The van der Waals surface area contributed by atoms with E-state index in [1.165, 1.54) is 5.56 Å². The van der Waals surface area contributed by atoms with Gasteiger partial charge in [-0.05, 0) is 23.8 Å². The maximum Gasteiger partial charge on any atom is 0.194 e. The molecule has 1 aromatic carbocycles. The number of aromatic nitrogens is 3. The van der Waals surface area contributed by atoms with Crippen LogP contribution in [-0.2, 0) is 6.54 Å². The topological polar surface area (TPSA) is 61.6 Å². The van der Waals surface area contributed by atoms with Crippen molar-refractivity contribution in [3.63, 3.8) is 0 Å². The Kier molecular flexibility index (Phi) is 7.45. The van der Waals surface area contributed by atoms with E-state index in [0.717, 1.165) is 43.6 Å². The van der Waals surface area contributed by atoms with E-state index < -0.39 is 0 Å². The molecule has 1 aliphatic heterocycles. The van der Waals surface area contributed by atoms with Gasteiger partial charge in [0.05, 0.1) is 12.0 Å². The normalized spacial score (nSPS) is 14.4. The molecular formula is C21H26IN7. The third-order valence-corrected chi connectivity index (χ3v) is 4.98. The van der Waals surface area contributed by atoms with Crippen LogP contribution in [0.25, 0.3) is 5.69 Å². The number of hydrogen-bond acceptors (Lipinski definition) is 4. The highest BCUT2D eigenvalue weighted by Gasteiger charge is 2.20. The minimum atomic E-state index is 0. The number of anilines is 1. The van der Waals surface area contributed by atoms with Crippen LogP contribution >= 0.6 is 24.0 Å². The summed E-state index contributed by atoms with van der Waals surface area (Å²) in [4.78, 5) is 17.7. The van der Waals surface area contributed by atoms with Gasteiger partial charge in [0.2, 0.25) is 0 Å². The fourth-order valence-electron chi connectivity index (χ4n) is 3.51. The van der Waals surface area contributed by atoms with Crippen LogP contribution in [0.4, 0.5) is 5.82 Å². The van der Waals surface area contributed by atoms with Crippen LogP contribution in [0.1, 0.15) is 5.56 Å². The summed E-state index contributed by atoms with van der Waals surface area (Å²) in [7, 11) is 1.84. The van der Waals surface area contributed by atoms with Crippen LogP contribution in [-0.4, -0.2) is 58.6 Å². The summed E-state index contributed by atoms with van der Waals surface area (Å²) in [5, 5.41) is 3.52. The van der Waals surface area contributed by atoms with Crippen molar-refractivity contribution in [1.82, 2.24) is 24.8 Å². The summed E-state index contributed by atoms with van der Waals surface area (Å²) in [6, 6.07) is 14.4. The summed E-state index contributed by atoms with van der Waals surface area (Å²) in [6.07, 6.45) is 7.43. The first kappa shape index (κ1) is 21.1. The number of pyridine rings is 1. The Morgan fingerprint density at radius 2 is 1.83 bits per heavy atom. The van der Waals surface area contributed by atoms with E-state index in [2.05, 4.69) is 54.3 Å². The van der Waals surface area contributed by atoms with Gasteiger partial charge >= 0.3 is 0 Å². The lowest BCUT2D eigenvalue weighted by Crippen LogP contribution is -2.52. The van der Waals surface area contributed by atoms with Crippen molar-refractivity contribution in [2.24, 2.45) is 4.99 Å². The van der Waals surface area contributed by atoms with E-state index in [1.807, 2.05) is 48.5 Å². The zero-order valence-electron chi connectivity index (χ0n) is 16.5. The number of nitrogens with zero attached hydrogens (tertiary/aromatic N) is 6. The molecule has 0 spiro atoms. The SMILES string of the molecule is CN=C(NCc1ccccc1-n1ccnc1)N1CCN(c2ccccn2)CC1.I. The van der Waals surface area contributed by atoms with Gasteiger partial charge in [0.25, 0.3) is 0 Å². The minimum Gasteiger partial charge on any atom is -0.353 e. The summed E-state index contributed by atoms with van der Waals surface area (Å²) in [5.41, 5.74) is 2.33. The zero-order valence-corrected chi connectivity index (χ0v) is 18.8. The molecule has 2 aromatic heterocycles. The standard InChI is InChI=1S/C21H25N7.HI/c1-22-21(27-14-12-26(13-15-27)20-8-4-5-9-24-20)25-16-18-6-2-3-7-19(18)28-11-10-23-17-28;/h2-11,17H,12-16H2,1H3,(H,22,25);1H. The number of guanidine groups is 1. The molecule has 7 nitrogen and oxygen atoms in total. The molecule has 0 radical (unpaired) electrons. The summed E-state index contributed by atoms with van der Waals surface area (Å²) >= 11 is 0. The molecule has 0 aliphatic carbocycles. The van der Waals surface area contributed by atoms with E-state index in [1.54, 1.807) is 6.20 Å². The first-order chi connectivity index (χ1) is 13.8. The second-order valence-corrected chi connectivity index (χ2v) is 6.66. The van der Waals surface area contributed by atoms with Crippen molar-refractivity contribution in [3.05, 3.63) is 72.9 Å². The average molecular weight is 503 g/mol. The lowest BCUT2D eigenvalue weighted by Gasteiger charge is -2.37. The van der Waals surface area contributed by atoms with Gasteiger partial charge in [-0.25, -0.2) is 9.97 Å². The molecular weight excluding hydrogens is 477 g/mol. The Hall–Kier alpha value is -2.62. The molecule has 1 saturated heterocycles. The Morgan fingerprint density at radius 3 is 2.52 bits per heavy atom. The molecule has 1 aliphatic rings. The van der Waals surface area contributed by atoms with Crippen molar-refractivity contribution in [1.29, 1.82) is 0 Å². The summed E-state index contributed by atoms with van der Waals surface area (Å²) in [5.74, 6) is 1.97. The number of rotatable bonds is 4. The monoisotopic (exact) mass is 503 g/mol. The first-order valence-electron chi connectivity index (χ1n) is 9.53. The quantitative estimate of drug-likeness (QED) is 0.337. The fraction of sp³-hybridized carbons (Fsp3) is 0.286. The molecule has 8 heteroatoms. The first-order valence-corrected chi connectivity index (χ1v) is 9.53. The van der Waals surface area contributed by atoms with E-state index in [-0.39, 0.29) is 24.0 Å². The second-order valence-electron chi connectivity index (χ2n) is 6.66. The molecule has 0 saturated carbocycles. The molecule has 3 heterocycles. The molecule has 1 fully saturated rings. The van der Waals surface area contributed by atoms with Crippen molar-refractivity contribution in [2.45, 2.75) is 6.54 Å². The zero-order chi connectivity index (χ0) is 19.2. The number of benzene rings is 1. The Bertz CT molecular complexity index is 904. The Labute approximate surface area is 188 Å². The molecule has 29 heavy (non-hydrogen) atoms. The Morgan fingerprint density at radius 1 is 1.03 bits per heavy atom. The van der Waals surface area contributed by atoms with Crippen LogP contribution in [0, 0.1) is 0 Å². The lowest BCUT2D eigenvalue weighted by atomic mass is 10.1. The predicted octanol–water partition coefficient (Wildman–Crippen LogP) is 2.78. The number of nitrogens with one attached hydrogen (secondary N) is 1. The van der Waals surface area contributed by atoms with Gasteiger partial charge < -0.3 is 19.7 Å². The Balaban J connectivity index is 0.00000240. The maximum atomic E-state index is 4.50. The van der Waals surface area contributed by atoms with Gasteiger partial charge in [0.15, 0.2) is 5.96 Å². The number of para-hydroxylation sites is 1. The lowest BCUT2D eigenvalue weighted by molar-refractivity contribution is 0.371. The van der Waals surface area contributed by atoms with Gasteiger partial charge in [-0.15, -0.1) is 24.0 Å². The van der Waals surface area contributed by atoms with Crippen molar-refractivity contribution in [2.75, 3.05) is 38.1 Å². The molecule has 1 N–H and O–H groups in total. The van der Waals surface area contributed by atoms with E-state index in [9.17, 15) is 0 Å². The van der Waals surface area contributed by atoms with E-state index >= 15 is 0 Å². The largest absolute Gasteiger partial charge is 0.353 e. The number of hydrogen-bond donors (Lipinski definition) is 1. The highest BCUT2D eigenvalue weighted by Crippen LogP contribution is 2.15. The molecule has 4 rings (SSSR count). The highest BCUT2D eigenvalue weighted by atomic mass is 127. The van der Waals surface area contributed by atoms with E-state index in [4.69, 9.17) is 0 Å². The van der Waals surface area contributed by atoms with Gasteiger partial charge in [-0.3, -0.25) is 4.99 Å². The smallest absolute Gasteiger partial charge is 0.194 e. The third-order valence-electron chi connectivity index (χ3n) is 4.98. The predicted molar refractivity (Wildman–Crippen MR) is 127 cm³/mol. The van der Waals surface area contributed by atoms with Crippen molar-refractivity contribution >= 4 is 35.8 Å². The maximum absolute atomic E-state index is 4.50. The van der Waals surface area contributed by atoms with Gasteiger partial charge in [0.1, 0.15) is 5.82 Å². The van der Waals surface area contributed by atoms with E-state index in [0.29, 0.717) is 6.54 Å². The second kappa shape index (κ2) is 10.2. The van der Waals surface area contributed by atoms with Crippen molar-refractivity contribution in [3.8, 4) is 5.69 Å². The minimum absolute atomic E-state index is 0. The number of halogens is 1. The highest BCUT2D eigenvalue weighted by molar-refractivity contribution is 14.0. The van der Waals surface area contributed by atoms with Gasteiger partial charge in [-0.1, -0.05) is 24.3 Å². The van der Waals surface area contributed by atoms with Crippen LogP contribution in [0.2, 0.25) is 0 Å². The molecule has 152 valence electrons. The molecule has 0 amide bonds. The van der Waals surface area contributed by atoms with Gasteiger partial charge in [0, 0.05) is 58.4 Å². The number of piperazine rings is 1. The van der Waals surface area contributed by atoms with Gasteiger partial charge in [-0.2, -0.15) is 0 Å². The fourth-order valence-corrected chi connectivity index (χ4v) is 3.51. The van der Waals surface area contributed by atoms with Crippen LogP contribution in [0.5, 0.6) is 0 Å². The molecule has 0 atom stereocenters. The molecule has 0 unspecified atom stereocenters. The molecule has 0 bridgehead atoms. The third kappa shape index (κ3) is 5.06. The summed E-state index contributed by atoms with van der Waals surface area (Å²) in [6.45, 7) is 4.41. The van der Waals surface area contributed by atoms with Crippen molar-refractivity contribution < 1.29 is 0 Å². The van der Waals surface area contributed by atoms with Crippen LogP contribution in [0.3, 0.4) is 0 Å². The number of aliphatic imine (C=N–C) groups is 1. The summed E-state index contributed by atoms with van der Waals surface area (Å²) < 4.78 is 2.03. The van der Waals surface area contributed by atoms with Crippen LogP contribution in [0.15, 0.2) is 72.4 Å². The van der Waals surface area contributed by atoms with Crippen LogP contribution < -0.4 is 10.2 Å².